The summed E-state index contributed by atoms with van der Waals surface area (Å²) < 4.78 is 26.0. The van der Waals surface area contributed by atoms with Crippen LogP contribution in [0.1, 0.15) is 38.8 Å². The summed E-state index contributed by atoms with van der Waals surface area (Å²) in [6.45, 7) is 7.02. The molecule has 0 aliphatic heterocycles. The highest BCUT2D eigenvalue weighted by atomic mass is 19.2. The van der Waals surface area contributed by atoms with Crippen LogP contribution in [0.5, 0.6) is 0 Å². The second-order valence-electron chi connectivity index (χ2n) is 4.09. The van der Waals surface area contributed by atoms with Gasteiger partial charge in [-0.3, -0.25) is 0 Å². The van der Waals surface area contributed by atoms with Gasteiger partial charge in [0.1, 0.15) is 0 Å². The number of rotatable bonds is 5. The van der Waals surface area contributed by atoms with Crippen LogP contribution in [0.25, 0.3) is 0 Å². The lowest BCUT2D eigenvalue weighted by Gasteiger charge is -2.24. The van der Waals surface area contributed by atoms with Gasteiger partial charge in [0, 0.05) is 6.04 Å². The monoisotopic (exact) mass is 227 g/mol. The molecule has 90 valence electrons. The summed E-state index contributed by atoms with van der Waals surface area (Å²) in [5.74, 6) is -1.17. The molecule has 0 radical (unpaired) electrons. The lowest BCUT2D eigenvalue weighted by atomic mass is 9.92. The molecule has 3 heteroatoms. The van der Waals surface area contributed by atoms with Crippen LogP contribution >= 0.6 is 0 Å². The second kappa shape index (κ2) is 5.94. The van der Waals surface area contributed by atoms with Gasteiger partial charge in [0.15, 0.2) is 11.6 Å². The van der Waals surface area contributed by atoms with E-state index in [1.165, 1.54) is 12.1 Å². The molecule has 0 heterocycles. The van der Waals surface area contributed by atoms with Crippen LogP contribution in [0.2, 0.25) is 0 Å². The Hall–Kier alpha value is -0.960. The highest BCUT2D eigenvalue weighted by Gasteiger charge is 2.18. The number of nitrogens with one attached hydrogen (secondary N) is 1. The van der Waals surface area contributed by atoms with Crippen LogP contribution in [-0.2, 0) is 0 Å². The van der Waals surface area contributed by atoms with E-state index in [-0.39, 0.29) is 6.04 Å². The lowest BCUT2D eigenvalue weighted by molar-refractivity contribution is 0.381. The van der Waals surface area contributed by atoms with Crippen LogP contribution in [0, 0.1) is 17.6 Å². The Morgan fingerprint density at radius 2 is 1.88 bits per heavy atom. The van der Waals surface area contributed by atoms with Crippen molar-refractivity contribution in [3.63, 3.8) is 0 Å². The van der Waals surface area contributed by atoms with Gasteiger partial charge < -0.3 is 5.32 Å². The molecular formula is C13H19F2N. The fraction of sp³-hybridized carbons (Fsp3) is 0.538. The van der Waals surface area contributed by atoms with Gasteiger partial charge in [-0.1, -0.05) is 33.3 Å². The zero-order valence-electron chi connectivity index (χ0n) is 10.1. The molecule has 0 aliphatic rings. The molecule has 0 amide bonds. The Bertz CT molecular complexity index is 339. The maximum absolute atomic E-state index is 13.1. The standard InChI is InChI=1S/C13H19F2N/c1-4-9(3)13(16-5-2)10-6-7-11(14)12(15)8-10/h6-9,13,16H,4-5H2,1-3H3. The van der Waals surface area contributed by atoms with Crippen molar-refractivity contribution in [3.8, 4) is 0 Å². The van der Waals surface area contributed by atoms with Gasteiger partial charge in [0.2, 0.25) is 0 Å². The van der Waals surface area contributed by atoms with Crippen LogP contribution in [0.3, 0.4) is 0 Å². The summed E-state index contributed by atoms with van der Waals surface area (Å²) in [6.07, 6.45) is 0.997. The first-order valence-corrected chi connectivity index (χ1v) is 5.78. The smallest absolute Gasteiger partial charge is 0.159 e. The van der Waals surface area contributed by atoms with Gasteiger partial charge in [-0.15, -0.1) is 0 Å². The molecule has 0 fully saturated rings. The molecule has 0 spiro atoms. The summed E-state index contributed by atoms with van der Waals surface area (Å²) in [4.78, 5) is 0. The number of benzene rings is 1. The quantitative estimate of drug-likeness (QED) is 0.809. The normalized spacial score (nSPS) is 14.8. The summed E-state index contributed by atoms with van der Waals surface area (Å²) in [6, 6.07) is 4.22. The van der Waals surface area contributed by atoms with E-state index in [0.717, 1.165) is 18.5 Å². The fourth-order valence-electron chi connectivity index (χ4n) is 1.81. The van der Waals surface area contributed by atoms with Gasteiger partial charge in [0.25, 0.3) is 0 Å². The summed E-state index contributed by atoms with van der Waals surface area (Å²) in [5, 5.41) is 3.31. The Balaban J connectivity index is 2.96. The van der Waals surface area contributed by atoms with Crippen LogP contribution in [0.15, 0.2) is 18.2 Å². The van der Waals surface area contributed by atoms with Gasteiger partial charge >= 0.3 is 0 Å². The van der Waals surface area contributed by atoms with Crippen LogP contribution < -0.4 is 5.32 Å². The van der Waals surface area contributed by atoms with E-state index in [4.69, 9.17) is 0 Å². The first kappa shape index (κ1) is 13.1. The van der Waals surface area contributed by atoms with Crippen molar-refractivity contribution in [3.05, 3.63) is 35.4 Å². The highest BCUT2D eigenvalue weighted by Crippen LogP contribution is 2.25. The molecule has 0 aliphatic carbocycles. The maximum Gasteiger partial charge on any atom is 0.159 e. The summed E-state index contributed by atoms with van der Waals surface area (Å²) in [5.41, 5.74) is 0.815. The van der Waals surface area contributed by atoms with Crippen molar-refractivity contribution >= 4 is 0 Å². The van der Waals surface area contributed by atoms with Crippen LogP contribution in [0.4, 0.5) is 8.78 Å². The van der Waals surface area contributed by atoms with Crippen LogP contribution in [-0.4, -0.2) is 6.54 Å². The molecule has 2 atom stereocenters. The van der Waals surface area contributed by atoms with E-state index in [9.17, 15) is 8.78 Å². The molecule has 1 N–H and O–H groups in total. The van der Waals surface area contributed by atoms with Gasteiger partial charge in [0.05, 0.1) is 0 Å². The molecular weight excluding hydrogens is 208 g/mol. The van der Waals surface area contributed by atoms with Crippen molar-refractivity contribution < 1.29 is 8.78 Å². The first-order valence-electron chi connectivity index (χ1n) is 5.78. The lowest BCUT2D eigenvalue weighted by Crippen LogP contribution is -2.26. The molecule has 1 rings (SSSR count). The Morgan fingerprint density at radius 3 is 2.38 bits per heavy atom. The first-order chi connectivity index (χ1) is 7.60. The SMILES string of the molecule is CCNC(c1ccc(F)c(F)c1)C(C)CC. The van der Waals surface area contributed by atoms with Crippen molar-refractivity contribution in [2.24, 2.45) is 5.92 Å². The number of halogens is 2. The molecule has 0 aromatic heterocycles. The molecule has 1 nitrogen and oxygen atoms in total. The third kappa shape index (κ3) is 3.01. The molecule has 0 saturated carbocycles. The van der Waals surface area contributed by atoms with E-state index in [1.54, 1.807) is 6.07 Å². The molecule has 1 aromatic rings. The molecule has 0 saturated heterocycles. The van der Waals surface area contributed by atoms with E-state index in [2.05, 4.69) is 19.2 Å². The van der Waals surface area contributed by atoms with E-state index in [1.807, 2.05) is 6.92 Å². The van der Waals surface area contributed by atoms with E-state index < -0.39 is 11.6 Å². The van der Waals surface area contributed by atoms with Crippen molar-refractivity contribution in [2.75, 3.05) is 6.54 Å². The van der Waals surface area contributed by atoms with Gasteiger partial charge in [-0.25, -0.2) is 8.78 Å². The molecule has 1 aromatic carbocycles. The maximum atomic E-state index is 13.1. The largest absolute Gasteiger partial charge is 0.310 e. The third-order valence-electron chi connectivity index (χ3n) is 2.94. The van der Waals surface area contributed by atoms with Crippen molar-refractivity contribution in [1.29, 1.82) is 0 Å². The zero-order chi connectivity index (χ0) is 12.1. The minimum Gasteiger partial charge on any atom is -0.310 e. The topological polar surface area (TPSA) is 12.0 Å². The fourth-order valence-corrected chi connectivity index (χ4v) is 1.81. The van der Waals surface area contributed by atoms with E-state index in [0.29, 0.717) is 5.92 Å². The molecule has 2 unspecified atom stereocenters. The summed E-state index contributed by atoms with van der Waals surface area (Å²) >= 11 is 0. The molecule has 16 heavy (non-hydrogen) atoms. The minimum atomic E-state index is -0.789. The van der Waals surface area contributed by atoms with E-state index >= 15 is 0 Å². The zero-order valence-corrected chi connectivity index (χ0v) is 10.1. The highest BCUT2D eigenvalue weighted by molar-refractivity contribution is 5.21. The average molecular weight is 227 g/mol. The molecule has 0 bridgehead atoms. The third-order valence-corrected chi connectivity index (χ3v) is 2.94. The van der Waals surface area contributed by atoms with Gasteiger partial charge in [-0.2, -0.15) is 0 Å². The van der Waals surface area contributed by atoms with Crippen molar-refractivity contribution in [1.82, 2.24) is 5.32 Å². The predicted octanol–water partition coefficient (Wildman–Crippen LogP) is 3.66. The number of hydrogen-bond donors (Lipinski definition) is 1. The Labute approximate surface area is 95.9 Å². The predicted molar refractivity (Wildman–Crippen MR) is 62.2 cm³/mol. The Kier molecular flexibility index (Phi) is 4.87. The minimum absolute atomic E-state index is 0.0881. The second-order valence-corrected chi connectivity index (χ2v) is 4.09. The summed E-state index contributed by atoms with van der Waals surface area (Å²) in [7, 11) is 0. The Morgan fingerprint density at radius 1 is 1.19 bits per heavy atom. The van der Waals surface area contributed by atoms with Gasteiger partial charge in [-0.05, 0) is 30.2 Å². The number of hydrogen-bond acceptors (Lipinski definition) is 1. The average Bonchev–Trinajstić information content (AvgIpc) is 2.29. The van der Waals surface area contributed by atoms with Crippen molar-refractivity contribution in [2.45, 2.75) is 33.2 Å².